The molecular weight excluding hydrogens is 391 g/mol. The summed E-state index contributed by atoms with van der Waals surface area (Å²) in [6.45, 7) is 1.94. The largest absolute Gasteiger partial charge is 0.424 e. The maximum absolute atomic E-state index is 11.7. The van der Waals surface area contributed by atoms with E-state index in [-0.39, 0.29) is 5.57 Å². The predicted octanol–water partition coefficient (Wildman–Crippen LogP) is 2.13. The zero-order chi connectivity index (χ0) is 12.3. The molecule has 0 aliphatic carbocycles. The first-order chi connectivity index (χ1) is 7.52. The van der Waals surface area contributed by atoms with Gasteiger partial charge in [0.15, 0.2) is 0 Å². The van der Waals surface area contributed by atoms with Crippen LogP contribution in [0.4, 0.5) is 0 Å². The van der Waals surface area contributed by atoms with Gasteiger partial charge in [0.05, 0.1) is 20.6 Å². The Kier molecular flexibility index (Phi) is 5.21. The summed E-state index contributed by atoms with van der Waals surface area (Å²) in [4.78, 5) is 11.7. The molecule has 4 nitrogen and oxygen atoms in total. The number of esters is 1. The smallest absolute Gasteiger partial charge is 0.340 e. The number of aliphatic hydroxyl groups is 1. The van der Waals surface area contributed by atoms with Crippen LogP contribution < -0.4 is 0 Å². The molecule has 0 aromatic heterocycles. The molecule has 0 bridgehead atoms. The molecule has 1 N–H and O–H groups in total. The second kappa shape index (κ2) is 5.79. The molecule has 0 spiro atoms. The summed E-state index contributed by atoms with van der Waals surface area (Å²) < 4.78 is 11.4. The van der Waals surface area contributed by atoms with Crippen LogP contribution >= 0.6 is 38.5 Å². The number of aliphatic hydroxyl groups excluding tert-OH is 1. The Labute approximate surface area is 117 Å². The van der Waals surface area contributed by atoms with Crippen LogP contribution in [0.1, 0.15) is 19.8 Å². The van der Waals surface area contributed by atoms with Crippen molar-refractivity contribution in [2.75, 3.05) is 11.5 Å². The first-order valence-electron chi connectivity index (χ1n) is 4.95. The van der Waals surface area contributed by atoms with Gasteiger partial charge in [-0.1, -0.05) is 35.9 Å². The van der Waals surface area contributed by atoms with Gasteiger partial charge in [0.1, 0.15) is 0 Å². The molecule has 0 aromatic carbocycles. The normalized spacial score (nSPS) is 27.2. The minimum atomic E-state index is -1.07. The van der Waals surface area contributed by atoms with Gasteiger partial charge in [0.2, 0.25) is 0 Å². The number of hydrogen-bond donors (Lipinski definition) is 1. The molecule has 0 amide bonds. The standard InChI is InChI=1S/C10H14BrIO4/c1-3-4-6(13)7-8(11)10(5-12,15-2)16-9(7)14/h6,13H,3-5H2,1-2H3/t6?,10-/m1/s1. The molecular formula is C10H14BrIO4. The van der Waals surface area contributed by atoms with Crippen LogP contribution in [0.15, 0.2) is 10.1 Å². The number of alkyl halides is 1. The van der Waals surface area contributed by atoms with Crippen molar-refractivity contribution in [2.24, 2.45) is 0 Å². The van der Waals surface area contributed by atoms with E-state index in [9.17, 15) is 9.90 Å². The highest BCUT2D eigenvalue weighted by Gasteiger charge is 2.48. The lowest BCUT2D eigenvalue weighted by Gasteiger charge is -2.24. The van der Waals surface area contributed by atoms with Gasteiger partial charge < -0.3 is 14.6 Å². The summed E-state index contributed by atoms with van der Waals surface area (Å²) in [5.41, 5.74) is 0.278. The van der Waals surface area contributed by atoms with Crippen molar-refractivity contribution in [1.82, 2.24) is 0 Å². The first-order valence-corrected chi connectivity index (χ1v) is 7.27. The third-order valence-electron chi connectivity index (χ3n) is 2.45. The summed E-state index contributed by atoms with van der Waals surface area (Å²) in [5, 5.41) is 9.87. The topological polar surface area (TPSA) is 55.8 Å². The molecule has 0 fully saturated rings. The van der Waals surface area contributed by atoms with Crippen LogP contribution in [0.25, 0.3) is 0 Å². The number of halogens is 2. The van der Waals surface area contributed by atoms with Gasteiger partial charge in [-0.05, 0) is 22.4 Å². The Balaban J connectivity index is 3.05. The van der Waals surface area contributed by atoms with E-state index >= 15 is 0 Å². The van der Waals surface area contributed by atoms with Gasteiger partial charge >= 0.3 is 5.97 Å². The summed E-state index contributed by atoms with van der Waals surface area (Å²) >= 11 is 5.38. The molecule has 1 aliphatic heterocycles. The van der Waals surface area contributed by atoms with Gasteiger partial charge in [-0.3, -0.25) is 0 Å². The van der Waals surface area contributed by atoms with Gasteiger partial charge in [0, 0.05) is 7.11 Å². The number of carbonyl (C=O) groups is 1. The number of hydrogen-bond acceptors (Lipinski definition) is 4. The van der Waals surface area contributed by atoms with E-state index in [1.54, 1.807) is 0 Å². The molecule has 6 heteroatoms. The van der Waals surface area contributed by atoms with E-state index in [0.717, 1.165) is 6.42 Å². The lowest BCUT2D eigenvalue weighted by atomic mass is 10.1. The maximum Gasteiger partial charge on any atom is 0.340 e. The van der Waals surface area contributed by atoms with E-state index in [2.05, 4.69) is 38.5 Å². The fourth-order valence-corrected chi connectivity index (χ4v) is 3.70. The number of methoxy groups -OCH3 is 1. The fourth-order valence-electron chi connectivity index (χ4n) is 1.52. The van der Waals surface area contributed by atoms with Crippen LogP contribution in [0.2, 0.25) is 0 Å². The molecule has 1 aliphatic rings. The maximum atomic E-state index is 11.7. The average Bonchev–Trinajstić information content (AvgIpc) is 2.51. The predicted molar refractivity (Wildman–Crippen MR) is 71.6 cm³/mol. The van der Waals surface area contributed by atoms with Crippen LogP contribution in [-0.2, 0) is 14.3 Å². The Morgan fingerprint density at radius 3 is 2.69 bits per heavy atom. The third kappa shape index (κ3) is 2.44. The second-order valence-corrected chi connectivity index (χ2v) is 5.07. The van der Waals surface area contributed by atoms with Gasteiger partial charge in [0.25, 0.3) is 5.79 Å². The molecule has 2 atom stereocenters. The zero-order valence-corrected chi connectivity index (χ0v) is 12.9. The van der Waals surface area contributed by atoms with E-state index in [0.29, 0.717) is 15.3 Å². The SMILES string of the molecule is CCCC(O)C1=C(Br)[C@](CI)(OC)OC1=O. The van der Waals surface area contributed by atoms with E-state index in [1.807, 2.05) is 6.92 Å². The second-order valence-electron chi connectivity index (χ2n) is 3.51. The third-order valence-corrected chi connectivity index (χ3v) is 4.48. The molecule has 16 heavy (non-hydrogen) atoms. The zero-order valence-electron chi connectivity index (χ0n) is 9.13. The van der Waals surface area contributed by atoms with E-state index in [1.165, 1.54) is 7.11 Å². The van der Waals surface area contributed by atoms with Crippen LogP contribution in [-0.4, -0.2) is 34.5 Å². The highest BCUT2D eigenvalue weighted by atomic mass is 127. The highest BCUT2D eigenvalue weighted by molar-refractivity contribution is 14.1. The lowest BCUT2D eigenvalue weighted by molar-refractivity contribution is -0.180. The van der Waals surface area contributed by atoms with E-state index in [4.69, 9.17) is 9.47 Å². The van der Waals surface area contributed by atoms with Crippen molar-refractivity contribution in [3.05, 3.63) is 10.1 Å². The van der Waals surface area contributed by atoms with Gasteiger partial charge in [-0.25, -0.2) is 4.79 Å². The quantitative estimate of drug-likeness (QED) is 0.433. The minimum absolute atomic E-state index is 0.278. The first kappa shape index (κ1) is 14.4. The monoisotopic (exact) mass is 404 g/mol. The summed E-state index contributed by atoms with van der Waals surface area (Å²) in [6.07, 6.45) is 0.523. The Morgan fingerprint density at radius 1 is 1.69 bits per heavy atom. The Hall–Kier alpha value is 0.340. The average molecular weight is 405 g/mol. The van der Waals surface area contributed by atoms with Crippen molar-refractivity contribution < 1.29 is 19.4 Å². The van der Waals surface area contributed by atoms with Crippen LogP contribution in [0.3, 0.4) is 0 Å². The molecule has 1 heterocycles. The number of ether oxygens (including phenoxy) is 2. The van der Waals surface area contributed by atoms with Crippen molar-refractivity contribution in [1.29, 1.82) is 0 Å². The van der Waals surface area contributed by atoms with Gasteiger partial charge in [-0.15, -0.1) is 0 Å². The summed E-state index contributed by atoms with van der Waals surface area (Å²) in [7, 11) is 1.47. The Morgan fingerprint density at radius 2 is 2.31 bits per heavy atom. The van der Waals surface area contributed by atoms with Gasteiger partial charge in [-0.2, -0.15) is 0 Å². The van der Waals surface area contributed by atoms with Crippen molar-refractivity contribution >= 4 is 44.5 Å². The van der Waals surface area contributed by atoms with Crippen molar-refractivity contribution in [2.45, 2.75) is 31.7 Å². The van der Waals surface area contributed by atoms with Crippen molar-refractivity contribution in [3.8, 4) is 0 Å². The van der Waals surface area contributed by atoms with E-state index < -0.39 is 17.9 Å². The molecule has 0 saturated heterocycles. The lowest BCUT2D eigenvalue weighted by Crippen LogP contribution is -2.34. The van der Waals surface area contributed by atoms with Crippen molar-refractivity contribution in [3.63, 3.8) is 0 Å². The number of rotatable bonds is 5. The molecule has 1 unspecified atom stereocenters. The Bertz CT molecular complexity index is 312. The minimum Gasteiger partial charge on any atom is -0.424 e. The molecule has 92 valence electrons. The summed E-state index contributed by atoms with van der Waals surface area (Å²) in [6, 6.07) is 0. The molecule has 0 aromatic rings. The fraction of sp³-hybridized carbons (Fsp3) is 0.700. The number of cyclic esters (lactones) is 1. The summed E-state index contributed by atoms with van der Waals surface area (Å²) in [5.74, 6) is -1.58. The van der Waals surface area contributed by atoms with Crippen LogP contribution in [0.5, 0.6) is 0 Å². The van der Waals surface area contributed by atoms with Crippen LogP contribution in [0, 0.1) is 0 Å². The highest BCUT2D eigenvalue weighted by Crippen LogP contribution is 2.40. The molecule has 0 radical (unpaired) electrons. The molecule has 0 saturated carbocycles. The molecule has 1 rings (SSSR count). The number of carbonyl (C=O) groups excluding carboxylic acids is 1.